The van der Waals surface area contributed by atoms with E-state index in [1.165, 1.54) is 41.1 Å². The normalized spacial score (nSPS) is 13.2. The fraction of sp³-hybridized carbons (Fsp3) is 0.174. The van der Waals surface area contributed by atoms with Crippen LogP contribution in [0.25, 0.3) is 16.6 Å². The number of nitrogens with one attached hydrogen (secondary N) is 1. The van der Waals surface area contributed by atoms with Gasteiger partial charge in [0.05, 0.1) is 17.6 Å². The number of halogens is 1. The standard InChI is InChI=1S/C23H19FN6O3/c24-15-5-9-17(10-6-15)30-21-18(11-26-30)20(13-1-2-13)28-29(23(21)33)12-19(31)27-16-7-3-14(4-8-16)22(25)32/h3-11,13H,1-2,12H2,(H2,25,32)(H,27,31). The van der Waals surface area contributed by atoms with Crippen LogP contribution in [-0.4, -0.2) is 31.4 Å². The molecule has 1 aliphatic carbocycles. The quantitative estimate of drug-likeness (QED) is 0.470. The molecule has 0 unspecified atom stereocenters. The van der Waals surface area contributed by atoms with Gasteiger partial charge in [0, 0.05) is 22.6 Å². The Kier molecular flexibility index (Phi) is 4.97. The van der Waals surface area contributed by atoms with Crippen molar-refractivity contribution in [3.63, 3.8) is 0 Å². The molecular formula is C23H19FN6O3. The van der Waals surface area contributed by atoms with Gasteiger partial charge in [-0.15, -0.1) is 0 Å². The smallest absolute Gasteiger partial charge is 0.293 e. The number of amides is 2. The Labute approximate surface area is 186 Å². The van der Waals surface area contributed by atoms with Crippen molar-refractivity contribution in [1.29, 1.82) is 0 Å². The first-order valence-electron chi connectivity index (χ1n) is 10.3. The molecule has 2 aromatic heterocycles. The lowest BCUT2D eigenvalue weighted by molar-refractivity contribution is -0.117. The zero-order valence-electron chi connectivity index (χ0n) is 17.4. The van der Waals surface area contributed by atoms with E-state index in [1.54, 1.807) is 18.3 Å². The van der Waals surface area contributed by atoms with Crippen molar-refractivity contribution in [3.8, 4) is 5.69 Å². The van der Waals surface area contributed by atoms with Crippen molar-refractivity contribution in [2.75, 3.05) is 5.32 Å². The van der Waals surface area contributed by atoms with Gasteiger partial charge in [0.1, 0.15) is 17.9 Å². The highest BCUT2D eigenvalue weighted by molar-refractivity contribution is 5.94. The third-order valence-electron chi connectivity index (χ3n) is 5.49. The lowest BCUT2D eigenvalue weighted by Gasteiger charge is -2.11. The zero-order chi connectivity index (χ0) is 23.1. The Morgan fingerprint density at radius 3 is 2.42 bits per heavy atom. The molecule has 0 radical (unpaired) electrons. The highest BCUT2D eigenvalue weighted by Gasteiger charge is 2.30. The third-order valence-corrected chi connectivity index (χ3v) is 5.49. The minimum atomic E-state index is -0.567. The van der Waals surface area contributed by atoms with Gasteiger partial charge >= 0.3 is 0 Å². The van der Waals surface area contributed by atoms with E-state index in [2.05, 4.69) is 15.5 Å². The van der Waals surface area contributed by atoms with Gasteiger partial charge in [-0.3, -0.25) is 14.4 Å². The molecule has 2 amide bonds. The number of primary amides is 1. The number of nitrogens with two attached hydrogens (primary N) is 1. The van der Waals surface area contributed by atoms with Crippen LogP contribution in [0.2, 0.25) is 0 Å². The summed E-state index contributed by atoms with van der Waals surface area (Å²) in [6.07, 6.45) is 3.48. The first-order valence-corrected chi connectivity index (χ1v) is 10.3. The first-order chi connectivity index (χ1) is 15.9. The molecule has 0 atom stereocenters. The van der Waals surface area contributed by atoms with Crippen LogP contribution >= 0.6 is 0 Å². The molecule has 0 saturated heterocycles. The fourth-order valence-electron chi connectivity index (χ4n) is 3.69. The molecule has 0 bridgehead atoms. The van der Waals surface area contributed by atoms with Gasteiger partial charge in [-0.05, 0) is 61.4 Å². The highest BCUT2D eigenvalue weighted by atomic mass is 19.1. The summed E-state index contributed by atoms with van der Waals surface area (Å²) in [5.74, 6) is -1.21. The largest absolute Gasteiger partial charge is 0.366 e. The number of carbonyl (C=O) groups is 2. The molecule has 2 heterocycles. The zero-order valence-corrected chi connectivity index (χ0v) is 17.4. The average Bonchev–Trinajstić information content (AvgIpc) is 3.54. The molecule has 3 N–H and O–H groups in total. The summed E-state index contributed by atoms with van der Waals surface area (Å²) < 4.78 is 16.0. The summed E-state index contributed by atoms with van der Waals surface area (Å²) in [7, 11) is 0. The number of aromatic nitrogens is 4. The van der Waals surface area contributed by atoms with Crippen LogP contribution in [0.4, 0.5) is 10.1 Å². The second-order valence-corrected chi connectivity index (χ2v) is 7.91. The van der Waals surface area contributed by atoms with Crippen LogP contribution in [0.3, 0.4) is 0 Å². The van der Waals surface area contributed by atoms with E-state index >= 15 is 0 Å². The number of nitrogens with zero attached hydrogens (tertiary/aromatic N) is 4. The second-order valence-electron chi connectivity index (χ2n) is 7.91. The molecule has 4 aromatic rings. The van der Waals surface area contributed by atoms with Crippen molar-refractivity contribution in [2.24, 2.45) is 5.73 Å². The molecule has 10 heteroatoms. The monoisotopic (exact) mass is 446 g/mol. The molecule has 2 aromatic carbocycles. The number of rotatable bonds is 6. The molecule has 33 heavy (non-hydrogen) atoms. The van der Waals surface area contributed by atoms with Gasteiger partial charge in [-0.25, -0.2) is 13.8 Å². The number of fused-ring (bicyclic) bond motifs is 1. The molecule has 0 aliphatic heterocycles. The maximum Gasteiger partial charge on any atom is 0.293 e. The first kappa shape index (κ1) is 20.6. The minimum absolute atomic E-state index is 0.203. The van der Waals surface area contributed by atoms with Gasteiger partial charge in [0.25, 0.3) is 5.56 Å². The van der Waals surface area contributed by atoms with Crippen molar-refractivity contribution in [2.45, 2.75) is 25.3 Å². The number of hydrogen-bond donors (Lipinski definition) is 2. The summed E-state index contributed by atoms with van der Waals surface area (Å²) in [5, 5.41) is 12.1. The SMILES string of the molecule is NC(=O)c1ccc(NC(=O)Cn2nc(C3CC3)c3cnn(-c4ccc(F)cc4)c3c2=O)cc1. The van der Waals surface area contributed by atoms with Crippen LogP contribution in [0.1, 0.15) is 34.8 Å². The summed E-state index contributed by atoms with van der Waals surface area (Å²) in [4.78, 5) is 37.1. The lowest BCUT2D eigenvalue weighted by atomic mass is 10.2. The summed E-state index contributed by atoms with van der Waals surface area (Å²) in [6.45, 7) is -0.305. The van der Waals surface area contributed by atoms with Gasteiger partial charge in [-0.1, -0.05) is 0 Å². The van der Waals surface area contributed by atoms with E-state index in [0.29, 0.717) is 22.3 Å². The van der Waals surface area contributed by atoms with Crippen molar-refractivity contribution in [3.05, 3.63) is 82.2 Å². The summed E-state index contributed by atoms with van der Waals surface area (Å²) in [5.41, 5.74) is 7.06. The Bertz CT molecular complexity index is 1440. The number of carbonyl (C=O) groups excluding carboxylic acids is 2. The van der Waals surface area contributed by atoms with Crippen molar-refractivity contribution < 1.29 is 14.0 Å². The van der Waals surface area contributed by atoms with Crippen LogP contribution in [-0.2, 0) is 11.3 Å². The predicted octanol–water partition coefficient (Wildman–Crippen LogP) is 2.34. The van der Waals surface area contributed by atoms with Crippen LogP contribution in [0, 0.1) is 5.82 Å². The van der Waals surface area contributed by atoms with Crippen LogP contribution in [0.15, 0.2) is 59.5 Å². The molecule has 0 spiro atoms. The second kappa shape index (κ2) is 7.97. The number of benzene rings is 2. The number of hydrogen-bond acceptors (Lipinski definition) is 5. The van der Waals surface area contributed by atoms with Crippen LogP contribution in [0.5, 0.6) is 0 Å². The average molecular weight is 446 g/mol. The van der Waals surface area contributed by atoms with Crippen molar-refractivity contribution >= 4 is 28.4 Å². The fourth-order valence-corrected chi connectivity index (χ4v) is 3.69. The maximum atomic E-state index is 13.4. The molecule has 1 aliphatic rings. The van der Waals surface area contributed by atoms with Crippen molar-refractivity contribution in [1.82, 2.24) is 19.6 Å². The predicted molar refractivity (Wildman–Crippen MR) is 119 cm³/mol. The Balaban J connectivity index is 1.50. The molecule has 9 nitrogen and oxygen atoms in total. The Hall–Kier alpha value is -4.34. The molecule has 1 saturated carbocycles. The molecule has 5 rings (SSSR count). The topological polar surface area (TPSA) is 125 Å². The molecular weight excluding hydrogens is 427 g/mol. The summed E-state index contributed by atoms with van der Waals surface area (Å²) >= 11 is 0. The maximum absolute atomic E-state index is 13.4. The van der Waals surface area contributed by atoms with E-state index in [0.717, 1.165) is 23.2 Å². The van der Waals surface area contributed by atoms with Gasteiger partial charge in [-0.2, -0.15) is 10.2 Å². The Morgan fingerprint density at radius 2 is 1.79 bits per heavy atom. The molecule has 1 fully saturated rings. The van der Waals surface area contributed by atoms with E-state index < -0.39 is 23.2 Å². The number of anilines is 1. The van der Waals surface area contributed by atoms with E-state index in [1.807, 2.05) is 0 Å². The van der Waals surface area contributed by atoms with E-state index in [-0.39, 0.29) is 18.0 Å². The Morgan fingerprint density at radius 1 is 1.09 bits per heavy atom. The lowest BCUT2D eigenvalue weighted by Crippen LogP contribution is -2.31. The van der Waals surface area contributed by atoms with E-state index in [9.17, 15) is 18.8 Å². The van der Waals surface area contributed by atoms with Gasteiger partial charge < -0.3 is 11.1 Å². The van der Waals surface area contributed by atoms with Gasteiger partial charge in [0.2, 0.25) is 11.8 Å². The minimum Gasteiger partial charge on any atom is -0.366 e. The summed E-state index contributed by atoms with van der Waals surface area (Å²) in [6, 6.07) is 11.8. The molecule has 166 valence electrons. The third kappa shape index (κ3) is 3.98. The highest BCUT2D eigenvalue weighted by Crippen LogP contribution is 2.41. The van der Waals surface area contributed by atoms with Crippen LogP contribution < -0.4 is 16.6 Å². The van der Waals surface area contributed by atoms with Gasteiger partial charge in [0.15, 0.2) is 0 Å². The van der Waals surface area contributed by atoms with E-state index in [4.69, 9.17) is 5.73 Å².